The Morgan fingerprint density at radius 3 is 2.40 bits per heavy atom. The molecule has 2 aromatic rings. The summed E-state index contributed by atoms with van der Waals surface area (Å²) in [6, 6.07) is 9.23. The number of aliphatic hydroxyl groups is 4. The molecule has 5 atom stereocenters. The molecule has 8 nitrogen and oxygen atoms in total. The molecule has 4 rings (SSSR count). The zero-order chi connectivity index (χ0) is 21.4. The summed E-state index contributed by atoms with van der Waals surface area (Å²) in [7, 11) is 1.59. The quantitative estimate of drug-likeness (QED) is 0.549. The van der Waals surface area contributed by atoms with Crippen molar-refractivity contribution in [3.05, 3.63) is 52.0 Å². The van der Waals surface area contributed by atoms with E-state index in [0.717, 1.165) is 11.3 Å². The minimum absolute atomic E-state index is 0.0501. The van der Waals surface area contributed by atoms with Crippen LogP contribution in [0.4, 0.5) is 0 Å². The van der Waals surface area contributed by atoms with Gasteiger partial charge in [-0.15, -0.1) is 0 Å². The van der Waals surface area contributed by atoms with Crippen molar-refractivity contribution in [3.8, 4) is 17.2 Å². The maximum absolute atomic E-state index is 10.6. The molecule has 0 radical (unpaired) electrons. The molecule has 2 heterocycles. The van der Waals surface area contributed by atoms with Crippen molar-refractivity contribution in [2.45, 2.75) is 36.9 Å². The first-order valence-electron chi connectivity index (χ1n) is 9.49. The lowest BCUT2D eigenvalue weighted by atomic mass is 9.89. The van der Waals surface area contributed by atoms with E-state index in [-0.39, 0.29) is 6.79 Å². The highest BCUT2D eigenvalue weighted by Crippen LogP contribution is 2.49. The lowest BCUT2D eigenvalue weighted by Crippen LogP contribution is -2.55. The van der Waals surface area contributed by atoms with Gasteiger partial charge in [-0.2, -0.15) is 0 Å². The van der Waals surface area contributed by atoms with Gasteiger partial charge in [0.05, 0.1) is 18.7 Å². The van der Waals surface area contributed by atoms with Crippen LogP contribution in [0.3, 0.4) is 0 Å². The van der Waals surface area contributed by atoms with Crippen molar-refractivity contribution >= 4 is 11.6 Å². The van der Waals surface area contributed by atoms with Crippen LogP contribution in [0.25, 0.3) is 0 Å². The van der Waals surface area contributed by atoms with Crippen molar-refractivity contribution in [2.24, 2.45) is 0 Å². The molecule has 9 heteroatoms. The second-order valence-electron chi connectivity index (χ2n) is 7.28. The van der Waals surface area contributed by atoms with Gasteiger partial charge in [-0.05, 0) is 35.7 Å². The fraction of sp³-hybridized carbons (Fsp3) is 0.429. The Kier molecular flexibility index (Phi) is 6.06. The Balaban J connectivity index is 1.73. The highest BCUT2D eigenvalue weighted by atomic mass is 35.5. The van der Waals surface area contributed by atoms with Crippen molar-refractivity contribution < 1.29 is 39.4 Å². The molecule has 0 amide bonds. The molecule has 0 aromatic heterocycles. The summed E-state index contributed by atoms with van der Waals surface area (Å²) in [6.07, 6.45) is -6.01. The second kappa shape index (κ2) is 8.58. The lowest BCUT2D eigenvalue weighted by Gasteiger charge is -2.40. The maximum atomic E-state index is 10.6. The van der Waals surface area contributed by atoms with Gasteiger partial charge in [-0.3, -0.25) is 0 Å². The van der Waals surface area contributed by atoms with Gasteiger partial charge in [0.15, 0.2) is 11.5 Å². The average molecular weight is 439 g/mol. The van der Waals surface area contributed by atoms with E-state index in [1.807, 2.05) is 24.3 Å². The molecule has 2 aliphatic heterocycles. The number of rotatable bonds is 5. The number of hydrogen-bond acceptors (Lipinski definition) is 8. The standard InChI is InChI=1S/C21H23ClO8/c1-27-12-4-2-10(3-5-12)6-11-7-13(20-21(15(11)22)29-9-28-20)19-18(26)17(25)16(24)14(8-23)30-19/h2-5,7,14,16-19,23-26H,6,8-9H2,1H3/t14-,16-,17+,18-,19+/m0/s1. The summed E-state index contributed by atoms with van der Waals surface area (Å²) in [4.78, 5) is 0. The molecule has 0 unspecified atom stereocenters. The third-order valence-electron chi connectivity index (χ3n) is 5.44. The summed E-state index contributed by atoms with van der Waals surface area (Å²) in [5.41, 5.74) is 2.10. The minimum atomic E-state index is -1.50. The third-order valence-corrected chi connectivity index (χ3v) is 5.85. The van der Waals surface area contributed by atoms with E-state index in [9.17, 15) is 20.4 Å². The zero-order valence-corrected chi connectivity index (χ0v) is 17.0. The van der Waals surface area contributed by atoms with Crippen LogP contribution in [0.2, 0.25) is 5.02 Å². The van der Waals surface area contributed by atoms with Crippen LogP contribution in [0.1, 0.15) is 22.8 Å². The number of ether oxygens (including phenoxy) is 4. The Morgan fingerprint density at radius 2 is 1.73 bits per heavy atom. The minimum Gasteiger partial charge on any atom is -0.497 e. The summed E-state index contributed by atoms with van der Waals surface area (Å²) >= 11 is 6.56. The predicted molar refractivity (Wildman–Crippen MR) is 106 cm³/mol. The molecule has 30 heavy (non-hydrogen) atoms. The fourth-order valence-electron chi connectivity index (χ4n) is 3.78. The first-order chi connectivity index (χ1) is 14.4. The van der Waals surface area contributed by atoms with Crippen LogP contribution in [-0.2, 0) is 11.2 Å². The second-order valence-corrected chi connectivity index (χ2v) is 7.66. The van der Waals surface area contributed by atoms with Crippen molar-refractivity contribution in [2.75, 3.05) is 20.5 Å². The number of halogens is 1. The number of hydrogen-bond donors (Lipinski definition) is 4. The first-order valence-corrected chi connectivity index (χ1v) is 9.86. The number of fused-ring (bicyclic) bond motifs is 1. The summed E-state index contributed by atoms with van der Waals surface area (Å²) in [6.45, 7) is -0.571. The number of methoxy groups -OCH3 is 1. The van der Waals surface area contributed by atoms with Gasteiger partial charge in [0.1, 0.15) is 36.3 Å². The lowest BCUT2D eigenvalue weighted by molar-refractivity contribution is -0.232. The van der Waals surface area contributed by atoms with Gasteiger partial charge in [0.2, 0.25) is 6.79 Å². The highest BCUT2D eigenvalue weighted by Gasteiger charge is 2.46. The maximum Gasteiger partial charge on any atom is 0.231 e. The van der Waals surface area contributed by atoms with Gasteiger partial charge in [-0.1, -0.05) is 23.7 Å². The Bertz CT molecular complexity index is 901. The summed E-state index contributed by atoms with van der Waals surface area (Å²) < 4.78 is 22.0. The molecule has 0 spiro atoms. The van der Waals surface area contributed by atoms with E-state index in [0.29, 0.717) is 34.1 Å². The predicted octanol–water partition coefficient (Wildman–Crippen LogP) is 1.18. The molecule has 162 valence electrons. The largest absolute Gasteiger partial charge is 0.497 e. The zero-order valence-electron chi connectivity index (χ0n) is 16.2. The van der Waals surface area contributed by atoms with Crippen LogP contribution in [0.5, 0.6) is 17.2 Å². The van der Waals surface area contributed by atoms with E-state index in [1.54, 1.807) is 13.2 Å². The molecule has 4 N–H and O–H groups in total. The van der Waals surface area contributed by atoms with Gasteiger partial charge < -0.3 is 39.4 Å². The SMILES string of the molecule is COc1ccc(Cc2cc([C@H]3O[C@@H](CO)[C@H](O)[C@@H](O)[C@@H]3O)c3c(c2Cl)OCO3)cc1. The van der Waals surface area contributed by atoms with E-state index in [2.05, 4.69) is 0 Å². The Morgan fingerprint density at radius 1 is 1.03 bits per heavy atom. The molecule has 2 aromatic carbocycles. The van der Waals surface area contributed by atoms with Crippen molar-refractivity contribution in [1.82, 2.24) is 0 Å². The summed E-state index contributed by atoms with van der Waals surface area (Å²) in [5.74, 6) is 1.37. The molecular weight excluding hydrogens is 416 g/mol. The highest BCUT2D eigenvalue weighted by molar-refractivity contribution is 6.33. The van der Waals surface area contributed by atoms with Crippen molar-refractivity contribution in [3.63, 3.8) is 0 Å². The van der Waals surface area contributed by atoms with Crippen LogP contribution in [-0.4, -0.2) is 65.4 Å². The van der Waals surface area contributed by atoms with E-state index in [4.69, 9.17) is 30.5 Å². The van der Waals surface area contributed by atoms with Gasteiger partial charge in [-0.25, -0.2) is 0 Å². The van der Waals surface area contributed by atoms with Gasteiger partial charge in [0.25, 0.3) is 0 Å². The third kappa shape index (κ3) is 3.71. The monoisotopic (exact) mass is 438 g/mol. The Labute approximate surface area is 178 Å². The first kappa shape index (κ1) is 21.2. The van der Waals surface area contributed by atoms with Gasteiger partial charge >= 0.3 is 0 Å². The Hall–Kier alpha value is -2.07. The number of aliphatic hydroxyl groups excluding tert-OH is 4. The van der Waals surface area contributed by atoms with Crippen molar-refractivity contribution in [1.29, 1.82) is 0 Å². The fourth-order valence-corrected chi connectivity index (χ4v) is 4.04. The molecule has 1 fully saturated rings. The van der Waals surface area contributed by atoms with Crippen LogP contribution in [0, 0.1) is 0 Å². The van der Waals surface area contributed by atoms with Crippen LogP contribution in [0.15, 0.2) is 30.3 Å². The molecular formula is C21H23ClO8. The normalized spacial score (nSPS) is 27.9. The van der Waals surface area contributed by atoms with E-state index >= 15 is 0 Å². The average Bonchev–Trinajstić information content (AvgIpc) is 3.26. The van der Waals surface area contributed by atoms with Crippen LogP contribution >= 0.6 is 11.6 Å². The van der Waals surface area contributed by atoms with Gasteiger partial charge in [0, 0.05) is 5.56 Å². The molecule has 0 saturated carbocycles. The molecule has 2 aliphatic rings. The number of benzene rings is 2. The molecule has 1 saturated heterocycles. The van der Waals surface area contributed by atoms with E-state index < -0.39 is 37.1 Å². The summed E-state index contributed by atoms with van der Waals surface area (Å²) in [5, 5.41) is 40.7. The van der Waals surface area contributed by atoms with E-state index in [1.165, 1.54) is 0 Å². The molecule has 0 aliphatic carbocycles. The smallest absolute Gasteiger partial charge is 0.231 e. The molecule has 0 bridgehead atoms. The van der Waals surface area contributed by atoms with Crippen LogP contribution < -0.4 is 14.2 Å². The topological polar surface area (TPSA) is 118 Å².